The van der Waals surface area contributed by atoms with E-state index in [9.17, 15) is 24.4 Å². The fraction of sp³-hybridized carbons (Fsp3) is 0.789. The van der Waals surface area contributed by atoms with Crippen molar-refractivity contribution < 1.29 is 29.5 Å². The number of aliphatic hydroxyl groups excluding tert-OH is 1. The Hall–Kier alpha value is -2.20. The number of carbonyl (C=O) groups is 4. The number of aliphatic hydroxyl groups is 1. The first-order chi connectivity index (χ1) is 14.0. The Balaban J connectivity index is 1.99. The van der Waals surface area contributed by atoms with Crippen LogP contribution >= 0.6 is 0 Å². The molecule has 164 valence electrons. The van der Waals surface area contributed by atoms with Crippen LogP contribution in [0.15, 0.2) is 0 Å². The average Bonchev–Trinajstić information content (AvgIpc) is 3.38. The monoisotopic (exact) mass is 412 g/mol. The number of carbonyl (C=O) groups excluding carboxylic acids is 4. The summed E-state index contributed by atoms with van der Waals surface area (Å²) in [6.45, 7) is 0.469. The minimum Gasteiger partial charge on any atom is -0.396 e. The van der Waals surface area contributed by atoms with E-state index in [1.54, 1.807) is 0 Å². The van der Waals surface area contributed by atoms with Crippen molar-refractivity contribution in [3.63, 3.8) is 0 Å². The molecule has 0 radical (unpaired) electrons. The number of nitrogens with zero attached hydrogens (tertiary/aromatic N) is 2. The maximum Gasteiger partial charge on any atom is 0.321 e. The molecule has 0 aromatic heterocycles. The Bertz CT molecular complexity index is 581. The molecule has 1 aliphatic heterocycles. The molecule has 2 atom stereocenters. The Morgan fingerprint density at radius 1 is 1.17 bits per heavy atom. The third-order valence-electron chi connectivity index (χ3n) is 5.67. The minimum atomic E-state index is -0.749. The van der Waals surface area contributed by atoms with Gasteiger partial charge in [0.2, 0.25) is 12.3 Å². The van der Waals surface area contributed by atoms with Gasteiger partial charge in [-0.2, -0.15) is 0 Å². The zero-order chi connectivity index (χ0) is 21.2. The second-order valence-electron chi connectivity index (χ2n) is 7.82. The van der Waals surface area contributed by atoms with Crippen molar-refractivity contribution >= 4 is 24.3 Å². The van der Waals surface area contributed by atoms with Crippen LogP contribution < -0.4 is 10.6 Å². The Morgan fingerprint density at radius 2 is 1.90 bits per heavy atom. The van der Waals surface area contributed by atoms with Crippen LogP contribution in [0.4, 0.5) is 4.79 Å². The van der Waals surface area contributed by atoms with Crippen LogP contribution in [0.1, 0.15) is 51.4 Å². The minimum absolute atomic E-state index is 0.0653. The maximum atomic E-state index is 13.2. The zero-order valence-corrected chi connectivity index (χ0v) is 16.7. The average molecular weight is 412 g/mol. The predicted octanol–water partition coefficient (Wildman–Crippen LogP) is 0.230. The number of nitrogens with one attached hydrogen (secondary N) is 2. The molecule has 0 bridgehead atoms. The highest BCUT2D eigenvalue weighted by Gasteiger charge is 2.39. The van der Waals surface area contributed by atoms with Crippen molar-refractivity contribution in [2.45, 2.75) is 57.4 Å². The van der Waals surface area contributed by atoms with Gasteiger partial charge in [0.25, 0.3) is 5.91 Å². The quantitative estimate of drug-likeness (QED) is 0.175. The van der Waals surface area contributed by atoms with Crippen LogP contribution in [0.2, 0.25) is 0 Å². The van der Waals surface area contributed by atoms with Gasteiger partial charge in [-0.25, -0.2) is 9.86 Å². The van der Waals surface area contributed by atoms with Crippen molar-refractivity contribution in [3.05, 3.63) is 0 Å². The fourth-order valence-electron chi connectivity index (χ4n) is 4.23. The number of rotatable bonds is 10. The number of hydroxylamine groups is 2. The highest BCUT2D eigenvalue weighted by atomic mass is 16.5. The standard InChI is InChI=1S/C19H32N4O6/c24-10-4-8-20-19(28)21-17(26)16-7-3-9-23(16)18(27)15(12-22(29)13-25)11-14-5-1-2-6-14/h13-16,24,29H,1-12H2,(H2,20,21,26,28)/t15-,16+/m1/s1. The highest BCUT2D eigenvalue weighted by molar-refractivity contribution is 5.99. The molecule has 0 spiro atoms. The lowest BCUT2D eigenvalue weighted by atomic mass is 9.91. The van der Waals surface area contributed by atoms with Crippen LogP contribution in [0, 0.1) is 11.8 Å². The molecule has 10 heteroatoms. The number of imide groups is 1. The normalized spacial score (nSPS) is 20.3. The largest absolute Gasteiger partial charge is 0.396 e. The van der Waals surface area contributed by atoms with Gasteiger partial charge in [-0.05, 0) is 31.6 Å². The molecule has 0 aromatic rings. The van der Waals surface area contributed by atoms with Gasteiger partial charge in [-0.15, -0.1) is 0 Å². The van der Waals surface area contributed by atoms with Gasteiger partial charge in [0.1, 0.15) is 6.04 Å². The highest BCUT2D eigenvalue weighted by Crippen LogP contribution is 2.32. The zero-order valence-electron chi connectivity index (χ0n) is 16.7. The summed E-state index contributed by atoms with van der Waals surface area (Å²) in [7, 11) is 0. The van der Waals surface area contributed by atoms with Gasteiger partial charge < -0.3 is 15.3 Å². The number of hydrogen-bond acceptors (Lipinski definition) is 6. The first kappa shape index (κ1) is 23.1. The second kappa shape index (κ2) is 11.7. The van der Waals surface area contributed by atoms with Gasteiger partial charge in [0.15, 0.2) is 0 Å². The first-order valence-corrected chi connectivity index (χ1v) is 10.4. The van der Waals surface area contributed by atoms with E-state index in [2.05, 4.69) is 10.6 Å². The summed E-state index contributed by atoms with van der Waals surface area (Å²) in [4.78, 5) is 49.8. The van der Waals surface area contributed by atoms with Gasteiger partial charge >= 0.3 is 6.03 Å². The summed E-state index contributed by atoms with van der Waals surface area (Å²) in [5.74, 6) is -1.03. The molecule has 2 fully saturated rings. The van der Waals surface area contributed by atoms with Crippen molar-refractivity contribution in [3.8, 4) is 0 Å². The number of amides is 5. The molecule has 10 nitrogen and oxygen atoms in total. The van der Waals surface area contributed by atoms with Crippen molar-refractivity contribution in [1.29, 1.82) is 0 Å². The molecule has 1 saturated carbocycles. The van der Waals surface area contributed by atoms with Crippen LogP contribution in [0.25, 0.3) is 0 Å². The van der Waals surface area contributed by atoms with E-state index in [4.69, 9.17) is 5.11 Å². The van der Waals surface area contributed by atoms with Crippen molar-refractivity contribution in [2.75, 3.05) is 26.2 Å². The molecule has 2 rings (SSSR count). The molecule has 29 heavy (non-hydrogen) atoms. The van der Waals surface area contributed by atoms with E-state index in [0.29, 0.717) is 43.2 Å². The summed E-state index contributed by atoms with van der Waals surface area (Å²) in [5.41, 5.74) is 0. The van der Waals surface area contributed by atoms with Crippen molar-refractivity contribution in [2.24, 2.45) is 11.8 Å². The molecule has 1 aliphatic carbocycles. The molecule has 1 heterocycles. The van der Waals surface area contributed by atoms with Crippen LogP contribution in [0.3, 0.4) is 0 Å². The summed E-state index contributed by atoms with van der Waals surface area (Å²) < 4.78 is 0. The molecule has 1 saturated heterocycles. The van der Waals surface area contributed by atoms with Gasteiger partial charge in [-0.3, -0.25) is 24.9 Å². The Morgan fingerprint density at radius 3 is 2.55 bits per heavy atom. The van der Waals surface area contributed by atoms with Crippen LogP contribution in [0.5, 0.6) is 0 Å². The topological polar surface area (TPSA) is 139 Å². The van der Waals surface area contributed by atoms with Crippen molar-refractivity contribution in [1.82, 2.24) is 20.6 Å². The summed E-state index contributed by atoms with van der Waals surface area (Å²) in [5, 5.41) is 23.6. The molecule has 0 unspecified atom stereocenters. The maximum absolute atomic E-state index is 13.2. The van der Waals surface area contributed by atoms with Crippen LogP contribution in [-0.4, -0.2) is 76.8 Å². The molecule has 0 aromatic carbocycles. The Labute approximate surface area is 170 Å². The lowest BCUT2D eigenvalue weighted by Gasteiger charge is -2.30. The van der Waals surface area contributed by atoms with Gasteiger partial charge in [-0.1, -0.05) is 25.7 Å². The third kappa shape index (κ3) is 6.97. The van der Waals surface area contributed by atoms with E-state index >= 15 is 0 Å². The van der Waals surface area contributed by atoms with Crippen LogP contribution in [-0.2, 0) is 14.4 Å². The summed E-state index contributed by atoms with van der Waals surface area (Å²) in [6, 6.07) is -1.41. The van der Waals surface area contributed by atoms with E-state index in [0.717, 1.165) is 25.7 Å². The molecular formula is C19H32N4O6. The number of likely N-dealkylation sites (tertiary alicyclic amines) is 1. The molecule has 5 amide bonds. The SMILES string of the molecule is O=CN(O)C[C@@H](CC1CCCC1)C(=O)N1CCC[C@H]1C(=O)NC(=O)NCCCO. The van der Waals surface area contributed by atoms with E-state index in [-0.39, 0.29) is 32.0 Å². The lowest BCUT2D eigenvalue weighted by Crippen LogP contribution is -2.52. The summed E-state index contributed by atoms with van der Waals surface area (Å²) >= 11 is 0. The first-order valence-electron chi connectivity index (χ1n) is 10.4. The summed E-state index contributed by atoms with van der Waals surface area (Å²) in [6.07, 6.45) is 6.59. The molecular weight excluding hydrogens is 380 g/mol. The Kier molecular flexibility index (Phi) is 9.33. The van der Waals surface area contributed by atoms with E-state index < -0.39 is 23.9 Å². The third-order valence-corrected chi connectivity index (χ3v) is 5.67. The van der Waals surface area contributed by atoms with E-state index in [1.807, 2.05) is 0 Å². The fourth-order valence-corrected chi connectivity index (χ4v) is 4.23. The van der Waals surface area contributed by atoms with E-state index in [1.165, 1.54) is 4.90 Å². The lowest BCUT2D eigenvalue weighted by molar-refractivity contribution is -0.158. The second-order valence-corrected chi connectivity index (χ2v) is 7.82. The van der Waals surface area contributed by atoms with Gasteiger partial charge in [0, 0.05) is 19.7 Å². The molecule has 4 N–H and O–H groups in total. The molecule has 2 aliphatic rings. The predicted molar refractivity (Wildman–Crippen MR) is 103 cm³/mol. The number of hydrogen-bond donors (Lipinski definition) is 4. The smallest absolute Gasteiger partial charge is 0.321 e. The number of urea groups is 1. The van der Waals surface area contributed by atoms with Gasteiger partial charge in [0.05, 0.1) is 12.5 Å².